The minimum atomic E-state index is -0.320. The zero-order valence-corrected chi connectivity index (χ0v) is 17.3. The van der Waals surface area contributed by atoms with Gasteiger partial charge in [0.05, 0.1) is 12.5 Å². The summed E-state index contributed by atoms with van der Waals surface area (Å²) in [5.74, 6) is 2.88. The Bertz CT molecular complexity index is 1060. The van der Waals surface area contributed by atoms with E-state index in [1.165, 1.54) is 5.57 Å². The Balaban J connectivity index is 1.54. The highest BCUT2D eigenvalue weighted by atomic mass is 16.5. The Labute approximate surface area is 171 Å². The van der Waals surface area contributed by atoms with Crippen molar-refractivity contribution in [1.29, 1.82) is 0 Å². The number of hydrogen-bond acceptors (Lipinski definition) is 4. The molecule has 2 aromatic carbocycles. The van der Waals surface area contributed by atoms with Crippen molar-refractivity contribution < 1.29 is 19.3 Å². The molecule has 5 rings (SSSR count). The second-order valence-corrected chi connectivity index (χ2v) is 8.89. The molecule has 2 unspecified atom stereocenters. The average molecular weight is 390 g/mol. The lowest BCUT2D eigenvalue weighted by Gasteiger charge is -2.30. The quantitative estimate of drug-likeness (QED) is 0.669. The molecule has 2 atom stereocenters. The highest BCUT2D eigenvalue weighted by molar-refractivity contribution is 5.66. The molecule has 0 radical (unpaired) electrons. The number of phenolic OH excluding ortho intramolecular Hbond substituents is 1. The van der Waals surface area contributed by atoms with Crippen LogP contribution in [-0.4, -0.2) is 17.3 Å². The van der Waals surface area contributed by atoms with Gasteiger partial charge < -0.3 is 19.3 Å². The molecular weight excluding hydrogens is 364 g/mol. The van der Waals surface area contributed by atoms with E-state index in [1.807, 2.05) is 26.0 Å². The van der Waals surface area contributed by atoms with Gasteiger partial charge in [-0.15, -0.1) is 0 Å². The predicted molar refractivity (Wildman–Crippen MR) is 113 cm³/mol. The van der Waals surface area contributed by atoms with E-state index in [0.29, 0.717) is 13.0 Å². The van der Waals surface area contributed by atoms with E-state index < -0.39 is 0 Å². The fourth-order valence-electron chi connectivity index (χ4n) is 4.36. The van der Waals surface area contributed by atoms with Gasteiger partial charge in [-0.05, 0) is 58.4 Å². The predicted octanol–water partition coefficient (Wildman–Crippen LogP) is 5.69. The molecule has 1 N–H and O–H groups in total. The Hall–Kier alpha value is -2.88. The van der Waals surface area contributed by atoms with Crippen LogP contribution in [0, 0.1) is 0 Å². The number of ether oxygens (including phenoxy) is 3. The zero-order valence-electron chi connectivity index (χ0n) is 17.3. The Morgan fingerprint density at radius 2 is 2.00 bits per heavy atom. The van der Waals surface area contributed by atoms with Gasteiger partial charge in [0.2, 0.25) is 0 Å². The van der Waals surface area contributed by atoms with E-state index in [0.717, 1.165) is 39.5 Å². The first-order chi connectivity index (χ1) is 13.8. The van der Waals surface area contributed by atoms with Gasteiger partial charge in [0.25, 0.3) is 0 Å². The molecule has 0 fully saturated rings. The van der Waals surface area contributed by atoms with E-state index in [4.69, 9.17) is 14.2 Å². The number of allylic oxidation sites excluding steroid dienone is 2. The van der Waals surface area contributed by atoms with Gasteiger partial charge in [-0.1, -0.05) is 17.7 Å². The molecule has 4 heteroatoms. The van der Waals surface area contributed by atoms with E-state index in [-0.39, 0.29) is 23.4 Å². The highest BCUT2D eigenvalue weighted by Crippen LogP contribution is 2.54. The van der Waals surface area contributed by atoms with Crippen molar-refractivity contribution in [3.8, 4) is 23.0 Å². The molecule has 2 aromatic rings. The average Bonchev–Trinajstić information content (AvgIpc) is 3.02. The number of aromatic hydroxyl groups is 1. The van der Waals surface area contributed by atoms with Crippen LogP contribution in [0.4, 0.5) is 0 Å². The molecule has 0 saturated heterocycles. The lowest BCUT2D eigenvalue weighted by Crippen LogP contribution is -2.27. The minimum absolute atomic E-state index is 0.111. The molecule has 4 nitrogen and oxygen atoms in total. The molecule has 0 bridgehead atoms. The molecule has 150 valence electrons. The summed E-state index contributed by atoms with van der Waals surface area (Å²) in [5, 5.41) is 10.4. The molecule has 0 aromatic heterocycles. The van der Waals surface area contributed by atoms with E-state index in [1.54, 1.807) is 6.07 Å². The molecule has 3 aliphatic rings. The first-order valence-electron chi connectivity index (χ1n) is 10.2. The van der Waals surface area contributed by atoms with Crippen LogP contribution < -0.4 is 14.2 Å². The van der Waals surface area contributed by atoms with Crippen LogP contribution in [0.2, 0.25) is 0 Å². The van der Waals surface area contributed by atoms with Crippen LogP contribution in [0.15, 0.2) is 42.0 Å². The van der Waals surface area contributed by atoms with Crippen LogP contribution in [0.1, 0.15) is 62.0 Å². The summed E-state index contributed by atoms with van der Waals surface area (Å²) in [5.41, 5.74) is 4.96. The lowest BCUT2D eigenvalue weighted by molar-refractivity contribution is 0.137. The SMILES string of the molecule is CC(C)=CCc1c(O)ccc2c1OCC1c3cc4c(cc3OC21)OC(C)(C)C=C4. The summed E-state index contributed by atoms with van der Waals surface area (Å²) < 4.78 is 18.7. The Morgan fingerprint density at radius 3 is 2.79 bits per heavy atom. The standard InChI is InChI=1S/C25H26O4/c1-14(2)5-6-16-20(26)8-7-17-23(16)27-13-19-18-11-15-9-10-25(3,4)29-21(15)12-22(18)28-24(17)19/h5,7-12,19,24,26H,6,13H2,1-4H3. The number of fused-ring (bicyclic) bond motifs is 6. The maximum atomic E-state index is 10.4. The maximum absolute atomic E-state index is 10.4. The van der Waals surface area contributed by atoms with Crippen LogP contribution in [0.5, 0.6) is 23.0 Å². The van der Waals surface area contributed by atoms with Crippen molar-refractivity contribution in [2.45, 2.75) is 51.7 Å². The lowest BCUT2D eigenvalue weighted by atomic mass is 9.86. The van der Waals surface area contributed by atoms with E-state index >= 15 is 0 Å². The molecule has 0 spiro atoms. The highest BCUT2D eigenvalue weighted by Gasteiger charge is 2.42. The normalized spacial score (nSPS) is 22.2. The van der Waals surface area contributed by atoms with Gasteiger partial charge in [-0.2, -0.15) is 0 Å². The van der Waals surface area contributed by atoms with Crippen molar-refractivity contribution in [2.24, 2.45) is 0 Å². The summed E-state index contributed by atoms with van der Waals surface area (Å²) in [6, 6.07) is 7.86. The number of benzene rings is 2. The van der Waals surface area contributed by atoms with Gasteiger partial charge in [-0.3, -0.25) is 0 Å². The number of hydrogen-bond donors (Lipinski definition) is 1. The topological polar surface area (TPSA) is 47.9 Å². The first kappa shape index (κ1) is 18.2. The second kappa shape index (κ2) is 6.31. The molecule has 29 heavy (non-hydrogen) atoms. The third-order valence-corrected chi connectivity index (χ3v) is 5.89. The monoisotopic (exact) mass is 390 g/mol. The first-order valence-corrected chi connectivity index (χ1v) is 10.2. The third kappa shape index (κ3) is 2.98. The minimum Gasteiger partial charge on any atom is -0.508 e. The number of rotatable bonds is 2. The van der Waals surface area contributed by atoms with E-state index in [2.05, 4.69) is 38.1 Å². The summed E-state index contributed by atoms with van der Waals surface area (Å²) in [7, 11) is 0. The van der Waals surface area contributed by atoms with Crippen LogP contribution in [-0.2, 0) is 6.42 Å². The van der Waals surface area contributed by atoms with E-state index in [9.17, 15) is 5.11 Å². The maximum Gasteiger partial charge on any atom is 0.138 e. The smallest absolute Gasteiger partial charge is 0.138 e. The molecule has 3 heterocycles. The van der Waals surface area contributed by atoms with Crippen molar-refractivity contribution in [1.82, 2.24) is 0 Å². The molecule has 3 aliphatic heterocycles. The molecule has 0 aliphatic carbocycles. The number of phenols is 1. The summed E-state index contributed by atoms with van der Waals surface area (Å²) in [6.45, 7) is 8.74. The Morgan fingerprint density at radius 1 is 1.17 bits per heavy atom. The van der Waals surface area contributed by atoms with Crippen LogP contribution in [0.3, 0.4) is 0 Å². The van der Waals surface area contributed by atoms with Gasteiger partial charge >= 0.3 is 0 Å². The van der Waals surface area contributed by atoms with Crippen molar-refractivity contribution >= 4 is 6.08 Å². The largest absolute Gasteiger partial charge is 0.508 e. The van der Waals surface area contributed by atoms with Crippen LogP contribution in [0.25, 0.3) is 6.08 Å². The fourth-order valence-corrected chi connectivity index (χ4v) is 4.36. The fraction of sp³-hybridized carbons (Fsp3) is 0.360. The van der Waals surface area contributed by atoms with Gasteiger partial charge in [0, 0.05) is 28.3 Å². The Kier molecular flexibility index (Phi) is 3.95. The second-order valence-electron chi connectivity index (χ2n) is 8.89. The van der Waals surface area contributed by atoms with Crippen molar-refractivity contribution in [3.63, 3.8) is 0 Å². The van der Waals surface area contributed by atoms with Gasteiger partial charge in [0.15, 0.2) is 0 Å². The summed E-state index contributed by atoms with van der Waals surface area (Å²) >= 11 is 0. The molecule has 0 amide bonds. The molecular formula is C25H26O4. The molecule has 0 saturated carbocycles. The van der Waals surface area contributed by atoms with Crippen LogP contribution >= 0.6 is 0 Å². The summed E-state index contributed by atoms with van der Waals surface area (Å²) in [4.78, 5) is 0. The van der Waals surface area contributed by atoms with Crippen molar-refractivity contribution in [2.75, 3.05) is 6.61 Å². The summed E-state index contributed by atoms with van der Waals surface area (Å²) in [6.07, 6.45) is 6.85. The third-order valence-electron chi connectivity index (χ3n) is 5.89. The van der Waals surface area contributed by atoms with Crippen molar-refractivity contribution in [3.05, 3.63) is 64.2 Å². The van der Waals surface area contributed by atoms with Gasteiger partial charge in [0.1, 0.15) is 34.7 Å². The zero-order chi connectivity index (χ0) is 20.3. The van der Waals surface area contributed by atoms with Gasteiger partial charge in [-0.25, -0.2) is 0 Å².